The maximum absolute atomic E-state index is 6.87. The minimum absolute atomic E-state index is 0.0228. The summed E-state index contributed by atoms with van der Waals surface area (Å²) in [7, 11) is 0. The SMILES string of the molecule is CC1(C)C2CCC(C2)[C@]12CC(COCc1ccccc1)c1ccccc1O2. The molecule has 3 aliphatic rings. The molecule has 5 rings (SSSR count). The Hall–Kier alpha value is -1.80. The highest BCUT2D eigenvalue weighted by atomic mass is 16.5. The molecule has 2 bridgehead atoms. The van der Waals surface area contributed by atoms with Crippen LogP contribution in [-0.4, -0.2) is 12.2 Å². The quantitative estimate of drug-likeness (QED) is 0.667. The summed E-state index contributed by atoms with van der Waals surface area (Å²) in [6, 6.07) is 19.1. The minimum Gasteiger partial charge on any atom is -0.486 e. The first-order valence-electron chi connectivity index (χ1n) is 10.5. The lowest BCUT2D eigenvalue weighted by molar-refractivity contribution is -0.108. The fourth-order valence-electron chi connectivity index (χ4n) is 6.24. The molecule has 2 aromatic rings. The van der Waals surface area contributed by atoms with Gasteiger partial charge in [-0.1, -0.05) is 62.4 Å². The van der Waals surface area contributed by atoms with Gasteiger partial charge < -0.3 is 9.47 Å². The smallest absolute Gasteiger partial charge is 0.123 e. The monoisotopic (exact) mass is 362 g/mol. The van der Waals surface area contributed by atoms with Crippen molar-refractivity contribution < 1.29 is 9.47 Å². The Bertz CT molecular complexity index is 812. The summed E-state index contributed by atoms with van der Waals surface area (Å²) < 4.78 is 13.1. The summed E-state index contributed by atoms with van der Waals surface area (Å²) in [6.45, 7) is 6.35. The van der Waals surface area contributed by atoms with E-state index in [1.807, 2.05) is 0 Å². The van der Waals surface area contributed by atoms with Crippen LogP contribution in [0.5, 0.6) is 5.75 Å². The Kier molecular flexibility index (Phi) is 4.09. The average Bonchev–Trinajstić information content (AvgIpc) is 3.25. The number of ether oxygens (including phenoxy) is 2. The van der Waals surface area contributed by atoms with Crippen LogP contribution in [0.15, 0.2) is 54.6 Å². The highest BCUT2D eigenvalue weighted by Crippen LogP contribution is 2.66. The molecule has 2 fully saturated rings. The van der Waals surface area contributed by atoms with E-state index in [0.717, 1.165) is 24.7 Å². The fourth-order valence-corrected chi connectivity index (χ4v) is 6.24. The van der Waals surface area contributed by atoms with Gasteiger partial charge in [0.15, 0.2) is 0 Å². The summed E-state index contributed by atoms with van der Waals surface area (Å²) in [6.07, 6.45) is 5.13. The van der Waals surface area contributed by atoms with Crippen molar-refractivity contribution in [1.29, 1.82) is 0 Å². The molecule has 2 aliphatic carbocycles. The first-order chi connectivity index (χ1) is 13.1. The molecule has 1 aliphatic heterocycles. The zero-order valence-corrected chi connectivity index (χ0v) is 16.5. The van der Waals surface area contributed by atoms with Crippen LogP contribution in [0.3, 0.4) is 0 Å². The molecule has 3 unspecified atom stereocenters. The largest absolute Gasteiger partial charge is 0.486 e. The maximum atomic E-state index is 6.87. The Morgan fingerprint density at radius 1 is 0.963 bits per heavy atom. The van der Waals surface area contributed by atoms with Gasteiger partial charge in [-0.05, 0) is 54.7 Å². The number of para-hydroxylation sites is 1. The molecule has 27 heavy (non-hydrogen) atoms. The third-order valence-corrected chi connectivity index (χ3v) is 7.83. The summed E-state index contributed by atoms with van der Waals surface area (Å²) in [5.74, 6) is 3.01. The lowest BCUT2D eigenvalue weighted by Crippen LogP contribution is -2.56. The van der Waals surface area contributed by atoms with E-state index in [0.29, 0.717) is 18.4 Å². The molecule has 2 saturated carbocycles. The van der Waals surface area contributed by atoms with Crippen molar-refractivity contribution in [2.45, 2.75) is 57.7 Å². The Balaban J connectivity index is 1.41. The van der Waals surface area contributed by atoms with Gasteiger partial charge in [0.05, 0.1) is 13.2 Å². The van der Waals surface area contributed by atoms with E-state index in [4.69, 9.17) is 9.47 Å². The number of hydrogen-bond acceptors (Lipinski definition) is 2. The predicted molar refractivity (Wildman–Crippen MR) is 108 cm³/mol. The second-order valence-electron chi connectivity index (χ2n) is 9.36. The third kappa shape index (κ3) is 2.64. The highest BCUT2D eigenvalue weighted by Gasteiger charge is 2.66. The molecule has 0 radical (unpaired) electrons. The summed E-state index contributed by atoms with van der Waals surface area (Å²) in [5.41, 5.74) is 2.79. The van der Waals surface area contributed by atoms with Gasteiger partial charge >= 0.3 is 0 Å². The molecule has 0 amide bonds. The normalized spacial score (nSPS) is 33.0. The van der Waals surface area contributed by atoms with E-state index >= 15 is 0 Å². The Morgan fingerprint density at radius 3 is 2.48 bits per heavy atom. The second-order valence-corrected chi connectivity index (χ2v) is 9.36. The van der Waals surface area contributed by atoms with E-state index in [2.05, 4.69) is 68.4 Å². The van der Waals surface area contributed by atoms with Crippen LogP contribution in [0.2, 0.25) is 0 Å². The van der Waals surface area contributed by atoms with E-state index in [-0.39, 0.29) is 11.0 Å². The topological polar surface area (TPSA) is 18.5 Å². The molecule has 1 heterocycles. The maximum Gasteiger partial charge on any atom is 0.123 e. The van der Waals surface area contributed by atoms with Crippen LogP contribution in [0.25, 0.3) is 0 Å². The van der Waals surface area contributed by atoms with Gasteiger partial charge in [-0.15, -0.1) is 0 Å². The summed E-state index contributed by atoms with van der Waals surface area (Å²) in [5, 5.41) is 0. The van der Waals surface area contributed by atoms with Crippen LogP contribution in [0.1, 0.15) is 56.6 Å². The summed E-state index contributed by atoms with van der Waals surface area (Å²) in [4.78, 5) is 0. The van der Waals surface area contributed by atoms with E-state index in [1.165, 1.54) is 30.4 Å². The Labute approximate surface area is 162 Å². The second kappa shape index (κ2) is 6.38. The standard InChI is InChI=1S/C25H30O2/c1-24(2)20-12-13-21(14-20)25(24)15-19(22-10-6-7-11-23(22)27-25)17-26-16-18-8-4-3-5-9-18/h3-11,19-21H,12-17H2,1-2H3/t19?,20?,21?,25-/m1/s1. The first kappa shape index (κ1) is 17.3. The van der Waals surface area contributed by atoms with Gasteiger partial charge in [0.25, 0.3) is 0 Å². The molecule has 142 valence electrons. The number of fused-ring (bicyclic) bond motifs is 4. The van der Waals surface area contributed by atoms with Crippen LogP contribution in [0.4, 0.5) is 0 Å². The van der Waals surface area contributed by atoms with Crippen LogP contribution in [0, 0.1) is 17.3 Å². The van der Waals surface area contributed by atoms with Crippen molar-refractivity contribution in [2.75, 3.05) is 6.61 Å². The van der Waals surface area contributed by atoms with Crippen molar-refractivity contribution in [1.82, 2.24) is 0 Å². The first-order valence-corrected chi connectivity index (χ1v) is 10.5. The summed E-state index contributed by atoms with van der Waals surface area (Å²) >= 11 is 0. The molecule has 2 aromatic carbocycles. The lowest BCUT2D eigenvalue weighted by atomic mass is 9.61. The molecular formula is C25H30O2. The van der Waals surface area contributed by atoms with E-state index < -0.39 is 0 Å². The predicted octanol–water partition coefficient (Wildman–Crippen LogP) is 5.96. The van der Waals surface area contributed by atoms with Crippen molar-refractivity contribution in [2.24, 2.45) is 17.3 Å². The zero-order chi connectivity index (χ0) is 18.5. The molecular weight excluding hydrogens is 332 g/mol. The number of rotatable bonds is 4. The zero-order valence-electron chi connectivity index (χ0n) is 16.5. The van der Waals surface area contributed by atoms with Crippen molar-refractivity contribution in [3.05, 3.63) is 65.7 Å². The van der Waals surface area contributed by atoms with Gasteiger partial charge in [-0.2, -0.15) is 0 Å². The Morgan fingerprint density at radius 2 is 1.70 bits per heavy atom. The molecule has 0 aromatic heterocycles. The minimum atomic E-state index is -0.0228. The molecule has 0 saturated heterocycles. The van der Waals surface area contributed by atoms with Crippen LogP contribution in [-0.2, 0) is 11.3 Å². The molecule has 1 spiro atoms. The molecule has 2 nitrogen and oxygen atoms in total. The lowest BCUT2D eigenvalue weighted by Gasteiger charge is -2.53. The number of benzene rings is 2. The highest BCUT2D eigenvalue weighted by molar-refractivity contribution is 5.41. The molecule has 2 heteroatoms. The fraction of sp³-hybridized carbons (Fsp3) is 0.520. The van der Waals surface area contributed by atoms with Crippen molar-refractivity contribution in [3.63, 3.8) is 0 Å². The van der Waals surface area contributed by atoms with E-state index in [1.54, 1.807) is 0 Å². The average molecular weight is 363 g/mol. The number of hydrogen-bond donors (Lipinski definition) is 0. The van der Waals surface area contributed by atoms with E-state index in [9.17, 15) is 0 Å². The van der Waals surface area contributed by atoms with Crippen LogP contribution >= 0.6 is 0 Å². The van der Waals surface area contributed by atoms with Gasteiger partial charge in [-0.3, -0.25) is 0 Å². The van der Waals surface area contributed by atoms with Crippen molar-refractivity contribution in [3.8, 4) is 5.75 Å². The third-order valence-electron chi connectivity index (χ3n) is 7.83. The van der Waals surface area contributed by atoms with Crippen molar-refractivity contribution >= 4 is 0 Å². The molecule has 0 N–H and O–H groups in total. The van der Waals surface area contributed by atoms with Crippen LogP contribution < -0.4 is 4.74 Å². The van der Waals surface area contributed by atoms with Gasteiger partial charge in [-0.25, -0.2) is 0 Å². The van der Waals surface area contributed by atoms with Gasteiger partial charge in [0.1, 0.15) is 11.4 Å². The van der Waals surface area contributed by atoms with Gasteiger partial charge in [0, 0.05) is 11.3 Å². The van der Waals surface area contributed by atoms with Gasteiger partial charge in [0.2, 0.25) is 0 Å². The molecule has 4 atom stereocenters.